The highest BCUT2D eigenvalue weighted by atomic mass is 79.9. The van der Waals surface area contributed by atoms with Gasteiger partial charge >= 0.3 is 0 Å². The Balaban J connectivity index is 0.00000220. The minimum absolute atomic E-state index is 0. The molecule has 0 spiro atoms. The first-order chi connectivity index (χ1) is 9.32. The summed E-state index contributed by atoms with van der Waals surface area (Å²) in [6.45, 7) is 5.78. The summed E-state index contributed by atoms with van der Waals surface area (Å²) >= 11 is 15.8. The summed E-state index contributed by atoms with van der Waals surface area (Å²) in [6.07, 6.45) is 1.66. The first-order valence-corrected chi connectivity index (χ1v) is 7.60. The van der Waals surface area contributed by atoms with Gasteiger partial charge in [0.15, 0.2) is 0 Å². The maximum Gasteiger partial charge on any atom is 0.132 e. The van der Waals surface area contributed by atoms with Crippen LogP contribution in [0.15, 0.2) is 16.7 Å². The van der Waals surface area contributed by atoms with Crippen molar-refractivity contribution < 1.29 is 0 Å². The molecule has 4 nitrogen and oxygen atoms in total. The first kappa shape index (κ1) is 18.2. The van der Waals surface area contributed by atoms with E-state index >= 15 is 0 Å². The summed E-state index contributed by atoms with van der Waals surface area (Å²) in [7, 11) is 0. The second kappa shape index (κ2) is 6.92. The molecule has 0 bridgehead atoms. The van der Waals surface area contributed by atoms with Gasteiger partial charge in [0, 0.05) is 27.8 Å². The number of hydrogen-bond acceptors (Lipinski definition) is 4. The Morgan fingerprint density at radius 3 is 2.48 bits per heavy atom. The number of nitrogen functional groups attached to an aromatic ring is 1. The molecule has 0 fully saturated rings. The molecule has 7 heteroatoms. The van der Waals surface area contributed by atoms with Crippen LogP contribution in [0.1, 0.15) is 35.4 Å². The molecular formula is C14H17BrCl2N4. The number of hydrogen-bond donors (Lipinski definition) is 2. The zero-order valence-corrected chi connectivity index (χ0v) is 15.1. The predicted octanol–water partition coefficient (Wildman–Crippen LogP) is 5.06. The standard InChI is InChI=1S/C14H14BrCl2N3.H3N/c1-6(10-4-9(15)5-19-14(10)17)11-7(2)20-8(3)12(16)13(11)18;/h4-6H,1-3H3,(H2,18,20);1H3. The third kappa shape index (κ3) is 3.48. The number of pyridine rings is 2. The summed E-state index contributed by atoms with van der Waals surface area (Å²) < 4.78 is 0.867. The lowest BCUT2D eigenvalue weighted by atomic mass is 9.91. The Bertz CT molecular complexity index is 677. The third-order valence-electron chi connectivity index (χ3n) is 3.30. The van der Waals surface area contributed by atoms with Crippen molar-refractivity contribution in [2.75, 3.05) is 5.73 Å². The van der Waals surface area contributed by atoms with Crippen molar-refractivity contribution in [3.05, 3.63) is 49.4 Å². The van der Waals surface area contributed by atoms with Crippen LogP contribution in [-0.2, 0) is 0 Å². The SMILES string of the molecule is Cc1nc(C)c(C(C)c2cc(Br)cnc2Cl)c(N)c1Cl.N. The largest absolute Gasteiger partial charge is 0.397 e. The lowest BCUT2D eigenvalue weighted by Gasteiger charge is -2.19. The van der Waals surface area contributed by atoms with E-state index in [0.29, 0.717) is 15.9 Å². The molecule has 0 saturated heterocycles. The minimum Gasteiger partial charge on any atom is -0.397 e. The maximum absolute atomic E-state index is 6.21. The summed E-state index contributed by atoms with van der Waals surface area (Å²) in [4.78, 5) is 8.59. The fourth-order valence-electron chi connectivity index (χ4n) is 2.31. The van der Waals surface area contributed by atoms with Gasteiger partial charge in [-0.2, -0.15) is 0 Å². The topological polar surface area (TPSA) is 86.8 Å². The Kier molecular flexibility index (Phi) is 5.99. The number of aromatic nitrogens is 2. The highest BCUT2D eigenvalue weighted by Crippen LogP contribution is 2.38. The van der Waals surface area contributed by atoms with Crippen molar-refractivity contribution >= 4 is 44.8 Å². The van der Waals surface area contributed by atoms with Gasteiger partial charge in [-0.25, -0.2) is 4.98 Å². The Hall–Kier alpha value is -0.880. The van der Waals surface area contributed by atoms with Crippen molar-refractivity contribution in [2.24, 2.45) is 0 Å². The molecule has 1 atom stereocenters. The fraction of sp³-hybridized carbons (Fsp3) is 0.286. The van der Waals surface area contributed by atoms with Gasteiger partial charge in [-0.1, -0.05) is 30.1 Å². The number of anilines is 1. The van der Waals surface area contributed by atoms with Crippen LogP contribution in [0.2, 0.25) is 10.2 Å². The average Bonchev–Trinajstić information content (AvgIpc) is 2.39. The van der Waals surface area contributed by atoms with Crippen molar-refractivity contribution in [1.82, 2.24) is 16.1 Å². The van der Waals surface area contributed by atoms with Crippen molar-refractivity contribution in [3.63, 3.8) is 0 Å². The zero-order chi connectivity index (χ0) is 15.0. The van der Waals surface area contributed by atoms with Crippen LogP contribution < -0.4 is 11.9 Å². The molecule has 0 aliphatic carbocycles. The highest BCUT2D eigenvalue weighted by molar-refractivity contribution is 9.10. The number of nitrogens with two attached hydrogens (primary N) is 1. The third-order valence-corrected chi connectivity index (χ3v) is 4.53. The van der Waals surface area contributed by atoms with Crippen LogP contribution in [0.3, 0.4) is 0 Å². The zero-order valence-electron chi connectivity index (χ0n) is 12.0. The molecule has 0 aromatic carbocycles. The Labute approximate surface area is 142 Å². The molecule has 0 saturated carbocycles. The van der Waals surface area contributed by atoms with Crippen molar-refractivity contribution in [3.8, 4) is 0 Å². The molecule has 0 radical (unpaired) electrons. The van der Waals surface area contributed by atoms with Crippen LogP contribution in [0, 0.1) is 13.8 Å². The van der Waals surface area contributed by atoms with E-state index in [1.165, 1.54) is 0 Å². The molecule has 0 aliphatic rings. The molecule has 5 N–H and O–H groups in total. The summed E-state index contributed by atoms with van der Waals surface area (Å²) in [5.41, 5.74) is 10.1. The van der Waals surface area contributed by atoms with E-state index < -0.39 is 0 Å². The number of rotatable bonds is 2. The smallest absolute Gasteiger partial charge is 0.132 e. The van der Waals surface area contributed by atoms with Gasteiger partial charge in [0.25, 0.3) is 0 Å². The number of nitrogens with zero attached hydrogens (tertiary/aromatic N) is 2. The average molecular weight is 392 g/mol. The van der Waals surface area contributed by atoms with Gasteiger partial charge in [-0.3, -0.25) is 4.98 Å². The molecule has 2 aromatic rings. The Morgan fingerprint density at radius 1 is 1.24 bits per heavy atom. The lowest BCUT2D eigenvalue weighted by molar-refractivity contribution is 0.881. The minimum atomic E-state index is -0.0434. The second-order valence-electron chi connectivity index (χ2n) is 4.68. The summed E-state index contributed by atoms with van der Waals surface area (Å²) in [5.74, 6) is -0.0434. The van der Waals surface area contributed by atoms with E-state index in [2.05, 4.69) is 25.9 Å². The molecule has 114 valence electrons. The van der Waals surface area contributed by atoms with Crippen molar-refractivity contribution in [2.45, 2.75) is 26.7 Å². The van der Waals surface area contributed by atoms with Gasteiger partial charge in [-0.15, -0.1) is 0 Å². The van der Waals surface area contributed by atoms with E-state index in [4.69, 9.17) is 28.9 Å². The fourth-order valence-corrected chi connectivity index (χ4v) is 3.07. The number of halogens is 3. The molecule has 21 heavy (non-hydrogen) atoms. The molecular weight excluding hydrogens is 375 g/mol. The molecule has 2 aromatic heterocycles. The van der Waals surface area contributed by atoms with E-state index in [-0.39, 0.29) is 12.1 Å². The quantitative estimate of drug-likeness (QED) is 0.700. The van der Waals surface area contributed by atoms with Gasteiger partial charge in [0.2, 0.25) is 0 Å². The van der Waals surface area contributed by atoms with Crippen LogP contribution in [0.25, 0.3) is 0 Å². The maximum atomic E-state index is 6.21. The molecule has 0 aliphatic heterocycles. The van der Waals surface area contributed by atoms with Crippen molar-refractivity contribution in [1.29, 1.82) is 0 Å². The monoisotopic (exact) mass is 390 g/mol. The van der Waals surface area contributed by atoms with Gasteiger partial charge in [0.05, 0.1) is 16.4 Å². The Morgan fingerprint density at radius 2 is 1.86 bits per heavy atom. The first-order valence-electron chi connectivity index (χ1n) is 6.06. The van der Waals surface area contributed by atoms with E-state index in [1.54, 1.807) is 6.20 Å². The summed E-state index contributed by atoms with van der Waals surface area (Å²) in [5, 5.41) is 0.952. The molecule has 2 rings (SSSR count). The van der Waals surface area contributed by atoms with Crippen LogP contribution in [0.4, 0.5) is 5.69 Å². The lowest BCUT2D eigenvalue weighted by Crippen LogP contribution is -2.08. The normalized spacial score (nSPS) is 11.9. The molecule has 1 unspecified atom stereocenters. The molecule has 0 amide bonds. The predicted molar refractivity (Wildman–Crippen MR) is 92.6 cm³/mol. The molecule has 2 heterocycles. The second-order valence-corrected chi connectivity index (χ2v) is 6.33. The van der Waals surface area contributed by atoms with Gasteiger partial charge in [-0.05, 0) is 41.4 Å². The van der Waals surface area contributed by atoms with Crippen LogP contribution >= 0.6 is 39.1 Å². The van der Waals surface area contributed by atoms with Crippen LogP contribution in [0.5, 0.6) is 0 Å². The van der Waals surface area contributed by atoms with Crippen LogP contribution in [-0.4, -0.2) is 9.97 Å². The van der Waals surface area contributed by atoms with E-state index in [1.807, 2.05) is 26.8 Å². The van der Waals surface area contributed by atoms with Gasteiger partial charge in [0.1, 0.15) is 5.15 Å². The highest BCUT2D eigenvalue weighted by Gasteiger charge is 2.21. The summed E-state index contributed by atoms with van der Waals surface area (Å²) in [6, 6.07) is 1.94. The van der Waals surface area contributed by atoms with E-state index in [0.717, 1.165) is 27.0 Å². The van der Waals surface area contributed by atoms with Gasteiger partial charge < -0.3 is 11.9 Å². The van der Waals surface area contributed by atoms with E-state index in [9.17, 15) is 0 Å². The number of aryl methyl sites for hydroxylation is 2.